The van der Waals surface area contributed by atoms with E-state index >= 15 is 0 Å². The lowest BCUT2D eigenvalue weighted by Crippen LogP contribution is -2.03. The Kier molecular flexibility index (Phi) is 4.82. The summed E-state index contributed by atoms with van der Waals surface area (Å²) in [5.74, 6) is 0.324. The highest BCUT2D eigenvalue weighted by Gasteiger charge is 2.32. The second-order valence-electron chi connectivity index (χ2n) is 3.32. The Labute approximate surface area is 84.9 Å². The fraction of sp³-hybridized carbons (Fsp3) is 0.778. The van der Waals surface area contributed by atoms with E-state index in [1.165, 1.54) is 0 Å². The molecule has 0 radical (unpaired) electrons. The quantitative estimate of drug-likeness (QED) is 0.528. The van der Waals surface area contributed by atoms with Gasteiger partial charge < -0.3 is 0 Å². The van der Waals surface area contributed by atoms with Crippen LogP contribution in [-0.2, 0) is 18.1 Å². The second-order valence-corrected chi connectivity index (χ2v) is 4.99. The van der Waals surface area contributed by atoms with Crippen molar-refractivity contribution in [1.82, 2.24) is 0 Å². The molecule has 1 rings (SSSR count). The van der Waals surface area contributed by atoms with Crippen molar-refractivity contribution in [3.8, 4) is 0 Å². The third-order valence-corrected chi connectivity index (χ3v) is 3.34. The van der Waals surface area contributed by atoms with Crippen LogP contribution in [0.1, 0.15) is 20.3 Å². The van der Waals surface area contributed by atoms with E-state index in [4.69, 9.17) is 13.6 Å². The Hall–Kier alpha value is -0.150. The zero-order valence-corrected chi connectivity index (χ0v) is 9.54. The summed E-state index contributed by atoms with van der Waals surface area (Å²) in [5.41, 5.74) is 0. The van der Waals surface area contributed by atoms with Gasteiger partial charge in [0.2, 0.25) is 0 Å². The van der Waals surface area contributed by atoms with E-state index in [0.29, 0.717) is 25.7 Å². The van der Waals surface area contributed by atoms with Gasteiger partial charge in [-0.25, -0.2) is 4.57 Å². The molecular weight excluding hydrogens is 203 g/mol. The Balaban J connectivity index is 2.22. The molecule has 0 unspecified atom stereocenters. The van der Waals surface area contributed by atoms with Gasteiger partial charge in [-0.1, -0.05) is 19.1 Å². The summed E-state index contributed by atoms with van der Waals surface area (Å²) in [6.07, 6.45) is 4.96. The summed E-state index contributed by atoms with van der Waals surface area (Å²) < 4.78 is 26.4. The van der Waals surface area contributed by atoms with Crippen LogP contribution in [0.15, 0.2) is 12.2 Å². The third-order valence-electron chi connectivity index (χ3n) is 1.87. The molecule has 0 bridgehead atoms. The van der Waals surface area contributed by atoms with Gasteiger partial charge in [-0.3, -0.25) is 13.6 Å². The summed E-state index contributed by atoms with van der Waals surface area (Å²) in [7, 11) is -3.18. The van der Waals surface area contributed by atoms with Gasteiger partial charge in [-0.15, -0.1) is 0 Å². The van der Waals surface area contributed by atoms with Crippen LogP contribution >= 0.6 is 7.82 Å². The molecule has 0 spiro atoms. The van der Waals surface area contributed by atoms with Gasteiger partial charge in [0, 0.05) is 0 Å². The molecule has 0 aromatic heterocycles. The molecule has 1 fully saturated rings. The van der Waals surface area contributed by atoms with Gasteiger partial charge in [0.05, 0.1) is 19.8 Å². The summed E-state index contributed by atoms with van der Waals surface area (Å²) >= 11 is 0. The van der Waals surface area contributed by atoms with Gasteiger partial charge in [0.1, 0.15) is 0 Å². The van der Waals surface area contributed by atoms with Crippen molar-refractivity contribution in [2.75, 3.05) is 19.8 Å². The lowest BCUT2D eigenvalue weighted by molar-refractivity contribution is 0.168. The lowest BCUT2D eigenvalue weighted by atomic mass is 10.1. The Morgan fingerprint density at radius 3 is 2.71 bits per heavy atom. The van der Waals surface area contributed by atoms with Crippen LogP contribution < -0.4 is 0 Å². The van der Waals surface area contributed by atoms with Crippen molar-refractivity contribution in [3.63, 3.8) is 0 Å². The van der Waals surface area contributed by atoms with Crippen molar-refractivity contribution in [1.29, 1.82) is 0 Å². The summed E-state index contributed by atoms with van der Waals surface area (Å²) in [6.45, 7) is 5.13. The predicted molar refractivity (Wildman–Crippen MR) is 54.1 cm³/mol. The zero-order valence-electron chi connectivity index (χ0n) is 8.64. The molecule has 1 heterocycles. The lowest BCUT2D eigenvalue weighted by Gasteiger charge is -2.12. The molecule has 14 heavy (non-hydrogen) atoms. The van der Waals surface area contributed by atoms with Gasteiger partial charge in [0.15, 0.2) is 0 Å². The van der Waals surface area contributed by atoms with Crippen LogP contribution in [0.5, 0.6) is 0 Å². The minimum absolute atomic E-state index is 0.324. The molecular formula is C9H17O4P. The SMILES string of the molecule is C/C=C/C[C@@H](C)COP1(=O)OCCO1. The van der Waals surface area contributed by atoms with E-state index in [1.807, 2.05) is 19.9 Å². The third kappa shape index (κ3) is 3.93. The van der Waals surface area contributed by atoms with E-state index in [-0.39, 0.29) is 0 Å². The van der Waals surface area contributed by atoms with Crippen LogP contribution in [0.2, 0.25) is 0 Å². The molecule has 0 saturated carbocycles. The number of phosphoric ester groups is 1. The van der Waals surface area contributed by atoms with Gasteiger partial charge in [-0.2, -0.15) is 0 Å². The van der Waals surface area contributed by atoms with Crippen molar-refractivity contribution in [2.24, 2.45) is 5.92 Å². The van der Waals surface area contributed by atoms with Crippen LogP contribution in [0.4, 0.5) is 0 Å². The molecule has 1 atom stereocenters. The topological polar surface area (TPSA) is 44.8 Å². The molecule has 0 N–H and O–H groups in total. The molecule has 1 saturated heterocycles. The molecule has 1 aliphatic rings. The Morgan fingerprint density at radius 1 is 1.50 bits per heavy atom. The first-order valence-corrected chi connectivity index (χ1v) is 6.27. The molecule has 0 aromatic rings. The Bertz CT molecular complexity index is 229. The first-order chi connectivity index (χ1) is 6.66. The average molecular weight is 220 g/mol. The van der Waals surface area contributed by atoms with Crippen LogP contribution in [0.3, 0.4) is 0 Å². The number of rotatable bonds is 5. The summed E-state index contributed by atoms with van der Waals surface area (Å²) in [5, 5.41) is 0. The van der Waals surface area contributed by atoms with E-state index in [2.05, 4.69) is 6.08 Å². The van der Waals surface area contributed by atoms with Crippen LogP contribution in [-0.4, -0.2) is 19.8 Å². The van der Waals surface area contributed by atoms with Crippen molar-refractivity contribution >= 4 is 7.82 Å². The maximum Gasteiger partial charge on any atom is 0.474 e. The number of hydrogen-bond acceptors (Lipinski definition) is 4. The van der Waals surface area contributed by atoms with E-state index < -0.39 is 7.82 Å². The highest BCUT2D eigenvalue weighted by molar-refractivity contribution is 7.48. The fourth-order valence-electron chi connectivity index (χ4n) is 1.06. The summed E-state index contributed by atoms with van der Waals surface area (Å²) in [6, 6.07) is 0. The molecule has 0 aliphatic carbocycles. The van der Waals surface area contributed by atoms with Gasteiger partial charge in [0.25, 0.3) is 0 Å². The normalized spacial score (nSPS) is 23.0. The average Bonchev–Trinajstić information content (AvgIpc) is 2.60. The van der Waals surface area contributed by atoms with Gasteiger partial charge in [-0.05, 0) is 19.3 Å². The van der Waals surface area contributed by atoms with Crippen molar-refractivity contribution in [3.05, 3.63) is 12.2 Å². The Morgan fingerprint density at radius 2 is 2.14 bits per heavy atom. The molecule has 0 amide bonds. The number of hydrogen-bond donors (Lipinski definition) is 0. The van der Waals surface area contributed by atoms with E-state index in [9.17, 15) is 4.57 Å². The predicted octanol–water partition coefficient (Wildman–Crippen LogP) is 2.76. The minimum atomic E-state index is -3.18. The largest absolute Gasteiger partial charge is 0.474 e. The second kappa shape index (κ2) is 5.66. The molecule has 0 aromatic carbocycles. The van der Waals surface area contributed by atoms with Crippen LogP contribution in [0, 0.1) is 5.92 Å². The summed E-state index contributed by atoms with van der Waals surface area (Å²) in [4.78, 5) is 0. The first-order valence-electron chi connectivity index (χ1n) is 4.81. The van der Waals surface area contributed by atoms with Crippen molar-refractivity contribution < 1.29 is 18.1 Å². The molecule has 1 aliphatic heterocycles. The van der Waals surface area contributed by atoms with E-state index in [0.717, 1.165) is 6.42 Å². The smallest absolute Gasteiger partial charge is 0.287 e. The first kappa shape index (κ1) is 11.9. The highest BCUT2D eigenvalue weighted by atomic mass is 31.2. The monoisotopic (exact) mass is 220 g/mol. The standard InChI is InChI=1S/C9H17O4P/c1-3-4-5-9(2)8-13-14(10)11-6-7-12-14/h3-4,9H,5-8H2,1-2H3/b4-3+/t9-/m1/s1. The highest BCUT2D eigenvalue weighted by Crippen LogP contribution is 2.52. The van der Waals surface area contributed by atoms with Crippen LogP contribution in [0.25, 0.3) is 0 Å². The van der Waals surface area contributed by atoms with Crippen molar-refractivity contribution in [2.45, 2.75) is 20.3 Å². The maximum absolute atomic E-state index is 11.5. The number of allylic oxidation sites excluding steroid dienone is 2. The minimum Gasteiger partial charge on any atom is -0.287 e. The fourth-order valence-corrected chi connectivity index (χ4v) is 2.32. The van der Waals surface area contributed by atoms with Gasteiger partial charge >= 0.3 is 7.82 Å². The molecule has 82 valence electrons. The molecule has 5 heteroatoms. The molecule has 4 nitrogen and oxygen atoms in total. The zero-order chi connectivity index (χ0) is 10.4. The van der Waals surface area contributed by atoms with E-state index in [1.54, 1.807) is 0 Å². The maximum atomic E-state index is 11.5. The number of phosphoric acid groups is 1.